The van der Waals surface area contributed by atoms with E-state index in [1.54, 1.807) is 0 Å². The summed E-state index contributed by atoms with van der Waals surface area (Å²) in [5.74, 6) is -0.791. The van der Waals surface area contributed by atoms with Gasteiger partial charge < -0.3 is 15.5 Å². The first-order valence-corrected chi connectivity index (χ1v) is 11.1. The maximum atomic E-state index is 11.8. The molecular weight excluding hydrogens is 382 g/mol. The average Bonchev–Trinajstić information content (AvgIpc) is 2.72. The van der Waals surface area contributed by atoms with Gasteiger partial charge in [-0.25, -0.2) is 5.43 Å². The number of hydrogen-bond donors (Lipinski definition) is 4. The fourth-order valence-corrected chi connectivity index (χ4v) is 3.07. The Morgan fingerprint density at radius 1 is 0.900 bits per heavy atom. The molecule has 1 aromatic rings. The minimum atomic E-state index is -0.447. The number of nitrogens with zero attached hydrogens (tertiary/aromatic N) is 1. The molecular formula is C23H37N3O4. The summed E-state index contributed by atoms with van der Waals surface area (Å²) in [4.78, 5) is 23.5. The van der Waals surface area contributed by atoms with Crippen LogP contribution in [0.3, 0.4) is 0 Å². The van der Waals surface area contributed by atoms with Crippen LogP contribution < -0.4 is 10.7 Å². The van der Waals surface area contributed by atoms with E-state index in [0.717, 1.165) is 19.3 Å². The molecule has 0 spiro atoms. The van der Waals surface area contributed by atoms with E-state index >= 15 is 0 Å². The summed E-state index contributed by atoms with van der Waals surface area (Å²) < 4.78 is 0. The first-order valence-electron chi connectivity index (χ1n) is 11.1. The molecule has 0 heterocycles. The van der Waals surface area contributed by atoms with Gasteiger partial charge >= 0.3 is 0 Å². The van der Waals surface area contributed by atoms with Crippen molar-refractivity contribution in [3.05, 3.63) is 23.8 Å². The summed E-state index contributed by atoms with van der Waals surface area (Å²) in [5.41, 5.74) is 2.64. The lowest BCUT2D eigenvalue weighted by Crippen LogP contribution is -2.34. The van der Waals surface area contributed by atoms with Crippen molar-refractivity contribution in [1.82, 2.24) is 10.7 Å². The zero-order chi connectivity index (χ0) is 22.0. The number of aromatic hydroxyl groups is 2. The van der Waals surface area contributed by atoms with Crippen LogP contribution >= 0.6 is 0 Å². The van der Waals surface area contributed by atoms with Gasteiger partial charge in [-0.3, -0.25) is 9.59 Å². The third-order valence-corrected chi connectivity index (χ3v) is 4.86. The number of carbonyl (C=O) groups excluding carboxylic acids is 2. The molecule has 0 radical (unpaired) electrons. The molecule has 0 saturated carbocycles. The molecule has 0 unspecified atom stereocenters. The first-order chi connectivity index (χ1) is 14.5. The van der Waals surface area contributed by atoms with Crippen molar-refractivity contribution in [1.29, 1.82) is 0 Å². The topological polar surface area (TPSA) is 111 Å². The van der Waals surface area contributed by atoms with Gasteiger partial charge in [0.2, 0.25) is 5.91 Å². The molecule has 4 N–H and O–H groups in total. The first kappa shape index (κ1) is 25.5. The fraction of sp³-hybridized carbons (Fsp3) is 0.609. The molecule has 0 aliphatic heterocycles. The Bertz CT molecular complexity index is 662. The van der Waals surface area contributed by atoms with Crippen LogP contribution in [0.25, 0.3) is 0 Å². The molecule has 0 aromatic heterocycles. The fourth-order valence-electron chi connectivity index (χ4n) is 3.07. The van der Waals surface area contributed by atoms with Crippen molar-refractivity contribution < 1.29 is 19.8 Å². The number of phenols is 2. The number of hydrogen-bond acceptors (Lipinski definition) is 5. The second kappa shape index (κ2) is 16.3. The smallest absolute Gasteiger partial charge is 0.259 e. The SMILES string of the molecule is CCCCCCCCCCCCCC(=O)NCC(=O)N/N=C/c1ccc(O)cc1O. The van der Waals surface area contributed by atoms with E-state index in [4.69, 9.17) is 0 Å². The van der Waals surface area contributed by atoms with Crippen molar-refractivity contribution in [2.75, 3.05) is 6.54 Å². The van der Waals surface area contributed by atoms with E-state index in [9.17, 15) is 19.8 Å². The van der Waals surface area contributed by atoms with Crippen LogP contribution in [-0.2, 0) is 9.59 Å². The molecule has 1 aromatic carbocycles. The predicted molar refractivity (Wildman–Crippen MR) is 120 cm³/mol. The standard InChI is InChI=1S/C23H37N3O4/c1-2-3-4-5-6-7-8-9-10-11-12-13-22(29)24-18-23(30)26-25-17-19-14-15-20(27)16-21(19)28/h14-17,27-28H,2-13,18H2,1H3,(H,24,29)(H,26,30)/b25-17+. The molecule has 168 valence electrons. The summed E-state index contributed by atoms with van der Waals surface area (Å²) in [6.45, 7) is 2.09. The molecule has 0 saturated heterocycles. The molecule has 1 rings (SSSR count). The lowest BCUT2D eigenvalue weighted by atomic mass is 10.1. The molecule has 7 heteroatoms. The summed E-state index contributed by atoms with van der Waals surface area (Å²) in [6.07, 6.45) is 15.2. The largest absolute Gasteiger partial charge is 0.508 e. The highest BCUT2D eigenvalue weighted by Gasteiger charge is 2.05. The molecule has 0 aliphatic carbocycles. The Balaban J connectivity index is 2.00. The predicted octanol–water partition coefficient (Wildman–Crippen LogP) is 4.37. The summed E-state index contributed by atoms with van der Waals surface area (Å²) in [5, 5.41) is 25.1. The number of rotatable bonds is 16. The minimum absolute atomic E-state index is 0.0609. The van der Waals surface area contributed by atoms with E-state index in [0.29, 0.717) is 12.0 Å². The lowest BCUT2D eigenvalue weighted by molar-refractivity contribution is -0.126. The van der Waals surface area contributed by atoms with Gasteiger partial charge in [0.1, 0.15) is 11.5 Å². The van der Waals surface area contributed by atoms with Crippen LogP contribution in [0.1, 0.15) is 89.5 Å². The van der Waals surface area contributed by atoms with E-state index < -0.39 is 5.91 Å². The Labute approximate surface area is 180 Å². The molecule has 0 fully saturated rings. The van der Waals surface area contributed by atoms with Gasteiger partial charge in [-0.2, -0.15) is 5.10 Å². The van der Waals surface area contributed by atoms with Crippen LogP contribution in [0.15, 0.2) is 23.3 Å². The number of benzene rings is 1. The Morgan fingerprint density at radius 3 is 2.10 bits per heavy atom. The quantitative estimate of drug-likeness (QED) is 0.181. The number of nitrogens with one attached hydrogen (secondary N) is 2. The van der Waals surface area contributed by atoms with Gasteiger partial charge in [0.25, 0.3) is 5.91 Å². The van der Waals surface area contributed by atoms with Crippen molar-refractivity contribution in [3.8, 4) is 11.5 Å². The highest BCUT2D eigenvalue weighted by atomic mass is 16.3. The van der Waals surface area contributed by atoms with Crippen LogP contribution in [0.5, 0.6) is 11.5 Å². The number of hydrazone groups is 1. The van der Waals surface area contributed by atoms with Crippen LogP contribution in [0.4, 0.5) is 0 Å². The maximum absolute atomic E-state index is 11.8. The average molecular weight is 420 g/mol. The molecule has 0 atom stereocenters. The third-order valence-electron chi connectivity index (χ3n) is 4.86. The van der Waals surface area contributed by atoms with Crippen molar-refractivity contribution in [2.24, 2.45) is 5.10 Å². The van der Waals surface area contributed by atoms with Crippen molar-refractivity contribution in [3.63, 3.8) is 0 Å². The Kier molecular flexibility index (Phi) is 13.8. The zero-order valence-electron chi connectivity index (χ0n) is 18.2. The zero-order valence-corrected chi connectivity index (χ0v) is 18.2. The number of carbonyl (C=O) groups is 2. The second-order valence-corrected chi connectivity index (χ2v) is 7.60. The molecule has 2 amide bonds. The van der Waals surface area contributed by atoms with Gasteiger partial charge in [-0.15, -0.1) is 0 Å². The van der Waals surface area contributed by atoms with Gasteiger partial charge in [0, 0.05) is 18.1 Å². The highest BCUT2D eigenvalue weighted by Crippen LogP contribution is 2.20. The number of phenolic OH excluding ortho intramolecular Hbond substituents is 2. The van der Waals surface area contributed by atoms with Gasteiger partial charge in [0.05, 0.1) is 12.8 Å². The normalized spacial score (nSPS) is 11.0. The number of amides is 2. The van der Waals surface area contributed by atoms with E-state index in [-0.39, 0.29) is 24.0 Å². The lowest BCUT2D eigenvalue weighted by Gasteiger charge is -2.05. The molecule has 7 nitrogen and oxygen atoms in total. The molecule has 0 aliphatic rings. The second-order valence-electron chi connectivity index (χ2n) is 7.60. The third kappa shape index (κ3) is 12.8. The van der Waals surface area contributed by atoms with E-state index in [1.807, 2.05) is 0 Å². The van der Waals surface area contributed by atoms with Gasteiger partial charge in [-0.05, 0) is 18.6 Å². The Morgan fingerprint density at radius 2 is 1.50 bits per heavy atom. The monoisotopic (exact) mass is 419 g/mol. The van der Waals surface area contributed by atoms with Crippen LogP contribution in [0.2, 0.25) is 0 Å². The van der Waals surface area contributed by atoms with Crippen molar-refractivity contribution >= 4 is 18.0 Å². The summed E-state index contributed by atoms with van der Waals surface area (Å²) >= 11 is 0. The highest BCUT2D eigenvalue weighted by molar-refractivity contribution is 5.87. The maximum Gasteiger partial charge on any atom is 0.259 e. The summed E-state index contributed by atoms with van der Waals surface area (Å²) in [6, 6.07) is 4.05. The number of unbranched alkanes of at least 4 members (excludes halogenated alkanes) is 10. The molecule has 30 heavy (non-hydrogen) atoms. The van der Waals surface area contributed by atoms with Gasteiger partial charge in [0.15, 0.2) is 0 Å². The minimum Gasteiger partial charge on any atom is -0.508 e. The van der Waals surface area contributed by atoms with E-state index in [2.05, 4.69) is 22.8 Å². The van der Waals surface area contributed by atoms with Crippen LogP contribution in [-0.4, -0.2) is 34.8 Å². The Hall–Kier alpha value is -2.57. The summed E-state index contributed by atoms with van der Waals surface area (Å²) in [7, 11) is 0. The van der Waals surface area contributed by atoms with Crippen LogP contribution in [0, 0.1) is 0 Å². The van der Waals surface area contributed by atoms with E-state index in [1.165, 1.54) is 75.8 Å². The van der Waals surface area contributed by atoms with Crippen molar-refractivity contribution in [2.45, 2.75) is 84.0 Å². The molecule has 0 bridgehead atoms. The van der Waals surface area contributed by atoms with Gasteiger partial charge in [-0.1, -0.05) is 71.1 Å².